The molecule has 0 aliphatic heterocycles. The molecule has 0 aliphatic rings. The van der Waals surface area contributed by atoms with E-state index in [1.54, 1.807) is 0 Å². The van der Waals surface area contributed by atoms with E-state index in [1.807, 2.05) is 0 Å². The number of carbonyl (C=O) groups is 2. The van der Waals surface area contributed by atoms with Gasteiger partial charge in [-0.3, -0.25) is 9.59 Å². The monoisotopic (exact) mass is 291 g/mol. The predicted molar refractivity (Wildman–Crippen MR) is 61.7 cm³/mol. The number of benzene rings is 1. The van der Waals surface area contributed by atoms with Crippen molar-refractivity contribution in [1.82, 2.24) is 5.32 Å². The summed E-state index contributed by atoms with van der Waals surface area (Å²) in [5, 5.41) is 10.8. The average molecular weight is 291 g/mol. The van der Waals surface area contributed by atoms with Gasteiger partial charge in [-0.2, -0.15) is 0 Å². The highest BCUT2D eigenvalue weighted by molar-refractivity contribution is 5.94. The Morgan fingerprint density at radius 2 is 1.95 bits per heavy atom. The van der Waals surface area contributed by atoms with Crippen molar-refractivity contribution in [2.24, 2.45) is 0 Å². The number of carbonyl (C=O) groups excluding carboxylic acids is 1. The molecule has 20 heavy (non-hydrogen) atoms. The van der Waals surface area contributed by atoms with Crippen molar-refractivity contribution in [2.75, 3.05) is 13.7 Å². The van der Waals surface area contributed by atoms with Gasteiger partial charge in [0, 0.05) is 13.7 Å². The number of methoxy groups -OCH3 is 1. The van der Waals surface area contributed by atoms with Crippen LogP contribution in [0.3, 0.4) is 0 Å². The Labute approximate surface area is 112 Å². The zero-order chi connectivity index (χ0) is 15.3. The number of ether oxygens (including phenoxy) is 1. The van der Waals surface area contributed by atoms with Gasteiger partial charge in [0.15, 0.2) is 17.5 Å². The second-order valence-electron chi connectivity index (χ2n) is 3.89. The minimum absolute atomic E-state index is 0.208. The van der Waals surface area contributed by atoms with Gasteiger partial charge in [-0.15, -0.1) is 0 Å². The number of carboxylic acid groups (broad SMARTS) is 1. The fraction of sp³-hybridized carbons (Fsp3) is 0.333. The summed E-state index contributed by atoms with van der Waals surface area (Å²) in [7, 11) is 1.25. The fourth-order valence-electron chi connectivity index (χ4n) is 1.44. The van der Waals surface area contributed by atoms with E-state index in [0.29, 0.717) is 6.07 Å². The van der Waals surface area contributed by atoms with Crippen LogP contribution in [-0.4, -0.2) is 36.7 Å². The maximum atomic E-state index is 13.3. The number of rotatable bonds is 6. The number of halogens is 3. The molecule has 1 rings (SSSR count). The van der Waals surface area contributed by atoms with Gasteiger partial charge in [0.05, 0.1) is 18.1 Å². The van der Waals surface area contributed by atoms with E-state index >= 15 is 0 Å². The number of amides is 1. The maximum absolute atomic E-state index is 13.3. The Hall–Kier alpha value is -2.09. The second kappa shape index (κ2) is 6.90. The van der Waals surface area contributed by atoms with Crippen LogP contribution in [0.4, 0.5) is 13.2 Å². The summed E-state index contributed by atoms with van der Waals surface area (Å²) in [6.45, 7) is -0.208. The van der Waals surface area contributed by atoms with E-state index < -0.39 is 41.0 Å². The van der Waals surface area contributed by atoms with Crippen molar-refractivity contribution >= 4 is 11.9 Å². The van der Waals surface area contributed by atoms with E-state index in [2.05, 4.69) is 5.32 Å². The lowest BCUT2D eigenvalue weighted by Gasteiger charge is -2.14. The van der Waals surface area contributed by atoms with Crippen molar-refractivity contribution in [3.05, 3.63) is 35.1 Å². The predicted octanol–water partition coefficient (Wildman–Crippen LogP) is 1.32. The molecular formula is C12H12F3NO4. The smallest absolute Gasteiger partial charge is 0.306 e. The largest absolute Gasteiger partial charge is 0.481 e. The molecule has 0 saturated carbocycles. The third-order valence-corrected chi connectivity index (χ3v) is 2.51. The van der Waals surface area contributed by atoms with Gasteiger partial charge < -0.3 is 15.2 Å². The van der Waals surface area contributed by atoms with Crippen LogP contribution in [0, 0.1) is 17.5 Å². The van der Waals surface area contributed by atoms with Gasteiger partial charge in [0.25, 0.3) is 5.91 Å². The molecule has 1 amide bonds. The fourth-order valence-corrected chi connectivity index (χ4v) is 1.44. The Balaban J connectivity index is 2.72. The molecule has 0 spiro atoms. The van der Waals surface area contributed by atoms with Crippen molar-refractivity contribution in [2.45, 2.75) is 12.5 Å². The minimum Gasteiger partial charge on any atom is -0.481 e. The molecule has 5 nitrogen and oxygen atoms in total. The number of hydrogen-bond acceptors (Lipinski definition) is 3. The van der Waals surface area contributed by atoms with Crippen molar-refractivity contribution in [3.8, 4) is 0 Å². The minimum atomic E-state index is -1.74. The highest BCUT2D eigenvalue weighted by Gasteiger charge is 2.20. The first kappa shape index (κ1) is 16.0. The molecule has 8 heteroatoms. The lowest BCUT2D eigenvalue weighted by Crippen LogP contribution is -2.35. The second-order valence-corrected chi connectivity index (χ2v) is 3.89. The summed E-state index contributed by atoms with van der Waals surface area (Å²) in [6, 6.07) is 1.42. The average Bonchev–Trinajstić information content (AvgIpc) is 2.40. The van der Waals surface area contributed by atoms with Crippen LogP contribution < -0.4 is 5.32 Å². The zero-order valence-electron chi connectivity index (χ0n) is 10.5. The molecule has 0 saturated heterocycles. The third-order valence-electron chi connectivity index (χ3n) is 2.51. The third kappa shape index (κ3) is 3.95. The standard InChI is InChI=1S/C12H12F3NO4/c1-20-6(4-9(17)18)5-16-12(19)7-2-3-8(13)11(15)10(7)14/h2-3,6H,4-5H2,1H3,(H,16,19)(H,17,18). The molecule has 1 atom stereocenters. The Morgan fingerprint density at radius 1 is 1.30 bits per heavy atom. The Kier molecular flexibility index (Phi) is 5.51. The molecule has 0 heterocycles. The summed E-state index contributed by atoms with van der Waals surface area (Å²) in [5.41, 5.74) is -0.672. The molecule has 1 aromatic rings. The molecule has 0 bridgehead atoms. The van der Waals surface area contributed by atoms with Gasteiger partial charge in [-0.1, -0.05) is 0 Å². The van der Waals surface area contributed by atoms with Crippen LogP contribution in [-0.2, 0) is 9.53 Å². The van der Waals surface area contributed by atoms with Gasteiger partial charge >= 0.3 is 5.97 Å². The molecular weight excluding hydrogens is 279 g/mol. The Bertz CT molecular complexity index is 522. The lowest BCUT2D eigenvalue weighted by molar-refractivity contribution is -0.139. The van der Waals surface area contributed by atoms with E-state index in [0.717, 1.165) is 6.07 Å². The molecule has 2 N–H and O–H groups in total. The van der Waals surface area contributed by atoms with Crippen LogP contribution in [0.15, 0.2) is 12.1 Å². The topological polar surface area (TPSA) is 75.6 Å². The first-order chi connectivity index (χ1) is 9.36. The zero-order valence-corrected chi connectivity index (χ0v) is 10.5. The van der Waals surface area contributed by atoms with E-state index in [1.165, 1.54) is 7.11 Å². The summed E-state index contributed by atoms with van der Waals surface area (Å²) in [4.78, 5) is 22.1. The first-order valence-electron chi connectivity index (χ1n) is 5.53. The van der Waals surface area contributed by atoms with Gasteiger partial charge in [0.2, 0.25) is 0 Å². The molecule has 1 aromatic carbocycles. The van der Waals surface area contributed by atoms with Crippen LogP contribution in [0.1, 0.15) is 16.8 Å². The molecule has 110 valence electrons. The van der Waals surface area contributed by atoms with Crippen LogP contribution in [0.25, 0.3) is 0 Å². The van der Waals surface area contributed by atoms with E-state index in [9.17, 15) is 22.8 Å². The Morgan fingerprint density at radius 3 is 2.50 bits per heavy atom. The van der Waals surface area contributed by atoms with Gasteiger partial charge in [-0.05, 0) is 12.1 Å². The van der Waals surface area contributed by atoms with Gasteiger partial charge in [-0.25, -0.2) is 13.2 Å². The maximum Gasteiger partial charge on any atom is 0.306 e. The number of hydrogen-bond donors (Lipinski definition) is 2. The molecule has 1 unspecified atom stereocenters. The SMILES string of the molecule is COC(CNC(=O)c1ccc(F)c(F)c1F)CC(=O)O. The van der Waals surface area contributed by atoms with Crippen LogP contribution >= 0.6 is 0 Å². The van der Waals surface area contributed by atoms with E-state index in [4.69, 9.17) is 9.84 Å². The normalized spacial score (nSPS) is 12.0. The molecule has 0 fully saturated rings. The molecule has 0 radical (unpaired) electrons. The van der Waals surface area contributed by atoms with E-state index in [-0.39, 0.29) is 13.0 Å². The van der Waals surface area contributed by atoms with Crippen molar-refractivity contribution in [3.63, 3.8) is 0 Å². The van der Waals surface area contributed by atoms with Crippen LogP contribution in [0.2, 0.25) is 0 Å². The quantitative estimate of drug-likeness (QED) is 0.775. The van der Waals surface area contributed by atoms with Crippen molar-refractivity contribution in [1.29, 1.82) is 0 Å². The number of carboxylic acids is 1. The summed E-state index contributed by atoms with van der Waals surface area (Å²) >= 11 is 0. The summed E-state index contributed by atoms with van der Waals surface area (Å²) in [6.07, 6.45) is -1.18. The van der Waals surface area contributed by atoms with Crippen LogP contribution in [0.5, 0.6) is 0 Å². The highest BCUT2D eigenvalue weighted by atomic mass is 19.2. The molecule has 0 aliphatic carbocycles. The number of aliphatic carboxylic acids is 1. The van der Waals surface area contributed by atoms with Crippen molar-refractivity contribution < 1.29 is 32.6 Å². The highest BCUT2D eigenvalue weighted by Crippen LogP contribution is 2.15. The van der Waals surface area contributed by atoms with Gasteiger partial charge in [0.1, 0.15) is 0 Å². The summed E-state index contributed by atoms with van der Waals surface area (Å²) < 4.78 is 43.8. The number of nitrogens with one attached hydrogen (secondary N) is 1. The molecule has 0 aromatic heterocycles. The lowest BCUT2D eigenvalue weighted by atomic mass is 10.1. The first-order valence-corrected chi connectivity index (χ1v) is 5.53. The summed E-state index contributed by atoms with van der Waals surface area (Å²) in [5.74, 6) is -6.88.